The minimum absolute atomic E-state index is 0.375. The average molecular weight is 409 g/mol. The van der Waals surface area contributed by atoms with Gasteiger partial charge in [-0.25, -0.2) is 9.97 Å². The number of hydrogen-bond donors (Lipinski definition) is 0. The molecule has 0 saturated carbocycles. The van der Waals surface area contributed by atoms with Crippen LogP contribution in [0.4, 0.5) is 5.82 Å². The van der Waals surface area contributed by atoms with Crippen molar-refractivity contribution in [3.63, 3.8) is 0 Å². The van der Waals surface area contributed by atoms with Crippen LogP contribution in [0, 0.1) is 13.8 Å². The molecule has 6 heteroatoms. The fraction of sp³-hybridized carbons (Fsp3) is 0.478. The zero-order valence-corrected chi connectivity index (χ0v) is 18.3. The van der Waals surface area contributed by atoms with E-state index in [4.69, 9.17) is 14.7 Å². The molecule has 1 aliphatic heterocycles. The van der Waals surface area contributed by atoms with Gasteiger partial charge in [-0.3, -0.25) is 4.90 Å². The molecule has 0 amide bonds. The molecule has 5 rings (SSSR count). The van der Waals surface area contributed by atoms with Crippen molar-refractivity contribution in [2.45, 2.75) is 39.3 Å². The molecule has 0 radical (unpaired) electrons. The third kappa shape index (κ3) is 3.43. The van der Waals surface area contributed by atoms with E-state index in [1.807, 2.05) is 0 Å². The van der Waals surface area contributed by atoms with Gasteiger partial charge in [0.1, 0.15) is 16.5 Å². The van der Waals surface area contributed by atoms with E-state index >= 15 is 0 Å². The normalized spacial score (nSPS) is 19.6. The summed E-state index contributed by atoms with van der Waals surface area (Å²) in [6.07, 6.45) is 2.28. The summed E-state index contributed by atoms with van der Waals surface area (Å²) in [5, 5.41) is 1.23. The van der Waals surface area contributed by atoms with Crippen LogP contribution in [-0.4, -0.2) is 48.2 Å². The van der Waals surface area contributed by atoms with E-state index in [0.29, 0.717) is 6.04 Å². The minimum atomic E-state index is 0.375. The summed E-state index contributed by atoms with van der Waals surface area (Å²) >= 11 is 1.79. The fourth-order valence-electron chi connectivity index (χ4n) is 4.64. The molecule has 1 atom stereocenters. The Labute approximate surface area is 176 Å². The van der Waals surface area contributed by atoms with E-state index in [1.165, 1.54) is 27.0 Å². The predicted molar refractivity (Wildman–Crippen MR) is 119 cm³/mol. The molecule has 152 valence electrons. The molecule has 2 aromatic heterocycles. The number of aryl methyl sites for hydroxylation is 3. The van der Waals surface area contributed by atoms with Crippen LogP contribution in [0.25, 0.3) is 10.2 Å². The molecule has 1 fully saturated rings. The molecular weight excluding hydrogens is 380 g/mol. The van der Waals surface area contributed by atoms with Crippen molar-refractivity contribution in [1.29, 1.82) is 0 Å². The summed E-state index contributed by atoms with van der Waals surface area (Å²) in [6, 6.07) is 9.23. The average Bonchev–Trinajstić information content (AvgIpc) is 3.29. The Balaban J connectivity index is 1.56. The van der Waals surface area contributed by atoms with Crippen LogP contribution < -0.4 is 4.90 Å². The number of rotatable bonds is 4. The summed E-state index contributed by atoms with van der Waals surface area (Å²) in [4.78, 5) is 17.3. The van der Waals surface area contributed by atoms with Gasteiger partial charge < -0.3 is 9.64 Å². The first-order valence-electron chi connectivity index (χ1n) is 10.5. The lowest BCUT2D eigenvalue weighted by molar-refractivity contribution is 0.0331. The van der Waals surface area contributed by atoms with Gasteiger partial charge >= 0.3 is 0 Å². The molecule has 3 heterocycles. The Bertz CT molecular complexity index is 1040. The molecule has 5 nitrogen and oxygen atoms in total. The van der Waals surface area contributed by atoms with Crippen molar-refractivity contribution in [2.75, 3.05) is 38.3 Å². The van der Waals surface area contributed by atoms with Gasteiger partial charge in [-0.2, -0.15) is 0 Å². The van der Waals surface area contributed by atoms with E-state index in [-0.39, 0.29) is 0 Å². The third-order valence-corrected chi connectivity index (χ3v) is 7.53. The number of nitrogens with zero attached hydrogens (tertiary/aromatic N) is 4. The highest BCUT2D eigenvalue weighted by Gasteiger charge is 2.29. The van der Waals surface area contributed by atoms with Crippen LogP contribution in [0.5, 0.6) is 0 Å². The van der Waals surface area contributed by atoms with Gasteiger partial charge in [-0.05, 0) is 43.4 Å². The van der Waals surface area contributed by atoms with E-state index in [0.717, 1.165) is 62.2 Å². The first-order chi connectivity index (χ1) is 14.1. The molecule has 0 spiro atoms. The van der Waals surface area contributed by atoms with Crippen molar-refractivity contribution in [3.8, 4) is 0 Å². The van der Waals surface area contributed by atoms with Gasteiger partial charge in [0.2, 0.25) is 0 Å². The van der Waals surface area contributed by atoms with Crippen LogP contribution in [0.3, 0.4) is 0 Å². The predicted octanol–water partition coefficient (Wildman–Crippen LogP) is 4.26. The lowest BCUT2D eigenvalue weighted by atomic mass is 10.1. The summed E-state index contributed by atoms with van der Waals surface area (Å²) < 4.78 is 5.50. The van der Waals surface area contributed by atoms with Gasteiger partial charge in [0.25, 0.3) is 0 Å². The monoisotopic (exact) mass is 408 g/mol. The number of aromatic nitrogens is 2. The number of anilines is 1. The second kappa shape index (κ2) is 7.67. The minimum Gasteiger partial charge on any atom is -0.379 e. The SMILES string of the molecule is Cc1sc2nc(CN3CCOCC3)nc(N(C)C3CCc4ccccc43)c2c1C. The summed E-state index contributed by atoms with van der Waals surface area (Å²) in [5.74, 6) is 2.01. The summed E-state index contributed by atoms with van der Waals surface area (Å²) in [6.45, 7) is 8.68. The van der Waals surface area contributed by atoms with Crippen LogP contribution in [-0.2, 0) is 17.7 Å². The molecule has 0 N–H and O–H groups in total. The van der Waals surface area contributed by atoms with Gasteiger partial charge in [0.05, 0.1) is 31.2 Å². The second-order valence-corrected chi connectivity index (χ2v) is 9.38. The largest absolute Gasteiger partial charge is 0.379 e. The first kappa shape index (κ1) is 19.0. The number of hydrogen-bond acceptors (Lipinski definition) is 6. The number of fused-ring (bicyclic) bond motifs is 2. The number of ether oxygens (including phenoxy) is 1. The lowest BCUT2D eigenvalue weighted by Crippen LogP contribution is -2.36. The molecule has 2 aliphatic rings. The third-order valence-electron chi connectivity index (χ3n) is 6.43. The fourth-order valence-corrected chi connectivity index (χ4v) is 5.68. The van der Waals surface area contributed by atoms with E-state index in [9.17, 15) is 0 Å². The highest BCUT2D eigenvalue weighted by molar-refractivity contribution is 7.18. The van der Waals surface area contributed by atoms with Crippen LogP contribution in [0.2, 0.25) is 0 Å². The van der Waals surface area contributed by atoms with Crippen molar-refractivity contribution >= 4 is 27.4 Å². The first-order valence-corrected chi connectivity index (χ1v) is 11.3. The topological polar surface area (TPSA) is 41.5 Å². The van der Waals surface area contributed by atoms with E-state index in [2.05, 4.69) is 55.0 Å². The molecule has 3 aromatic rings. The molecule has 1 aromatic carbocycles. The van der Waals surface area contributed by atoms with Crippen LogP contribution in [0.15, 0.2) is 24.3 Å². The standard InChI is InChI=1S/C23H28N4OS/c1-15-16(2)29-23-21(15)22(24-20(25-23)14-27-10-12-28-13-11-27)26(3)19-9-8-17-6-4-5-7-18(17)19/h4-7,19H,8-14H2,1-3H3. The van der Waals surface area contributed by atoms with Gasteiger partial charge in [0.15, 0.2) is 0 Å². The maximum Gasteiger partial charge on any atom is 0.146 e. The second-order valence-electron chi connectivity index (χ2n) is 8.18. The Hall–Kier alpha value is -2.02. The number of benzene rings is 1. The maximum atomic E-state index is 5.50. The molecule has 1 aliphatic carbocycles. The maximum absolute atomic E-state index is 5.50. The van der Waals surface area contributed by atoms with Crippen LogP contribution >= 0.6 is 11.3 Å². The van der Waals surface area contributed by atoms with Gasteiger partial charge in [-0.15, -0.1) is 11.3 Å². The summed E-state index contributed by atoms with van der Waals surface area (Å²) in [5.41, 5.74) is 4.23. The molecule has 1 saturated heterocycles. The molecular formula is C23H28N4OS. The highest BCUT2D eigenvalue weighted by atomic mass is 32.1. The van der Waals surface area contributed by atoms with E-state index in [1.54, 1.807) is 11.3 Å². The van der Waals surface area contributed by atoms with Crippen LogP contribution in [0.1, 0.15) is 39.9 Å². The number of morpholine rings is 1. The Kier molecular flexibility index (Phi) is 5.02. The van der Waals surface area contributed by atoms with E-state index < -0.39 is 0 Å². The highest BCUT2D eigenvalue weighted by Crippen LogP contribution is 2.41. The molecule has 1 unspecified atom stereocenters. The Morgan fingerprint density at radius 2 is 1.97 bits per heavy atom. The van der Waals surface area contributed by atoms with Crippen molar-refractivity contribution < 1.29 is 4.74 Å². The van der Waals surface area contributed by atoms with Crippen molar-refractivity contribution in [3.05, 3.63) is 51.7 Å². The summed E-state index contributed by atoms with van der Waals surface area (Å²) in [7, 11) is 2.21. The Morgan fingerprint density at radius 3 is 2.79 bits per heavy atom. The van der Waals surface area contributed by atoms with Crippen molar-refractivity contribution in [1.82, 2.24) is 14.9 Å². The molecule has 29 heavy (non-hydrogen) atoms. The lowest BCUT2D eigenvalue weighted by Gasteiger charge is -2.29. The van der Waals surface area contributed by atoms with Crippen molar-refractivity contribution in [2.24, 2.45) is 0 Å². The number of thiophene rings is 1. The quantitative estimate of drug-likeness (QED) is 0.645. The smallest absolute Gasteiger partial charge is 0.146 e. The Morgan fingerprint density at radius 1 is 1.17 bits per heavy atom. The molecule has 0 bridgehead atoms. The zero-order valence-electron chi connectivity index (χ0n) is 17.4. The van der Waals surface area contributed by atoms with Gasteiger partial charge in [-0.1, -0.05) is 24.3 Å². The zero-order chi connectivity index (χ0) is 20.0. The van der Waals surface area contributed by atoms with Gasteiger partial charge in [0, 0.05) is 25.0 Å².